The van der Waals surface area contributed by atoms with Gasteiger partial charge in [0.2, 0.25) is 0 Å². The summed E-state index contributed by atoms with van der Waals surface area (Å²) in [5.41, 5.74) is 4.92. The van der Waals surface area contributed by atoms with Gasteiger partial charge < -0.3 is 5.32 Å². The van der Waals surface area contributed by atoms with Gasteiger partial charge in [0, 0.05) is 27.9 Å². The fraction of sp³-hybridized carbons (Fsp3) is 0.308. The number of amides is 1. The molecule has 1 aromatic heterocycles. The summed E-state index contributed by atoms with van der Waals surface area (Å²) in [4.78, 5) is 17.1. The van der Waals surface area contributed by atoms with Crippen LogP contribution in [0.15, 0.2) is 65.9 Å². The SMILES string of the molecule is C/C(C(=O)Nc1ccc(Cl)cc1)=C1\C[C@@H]2CC(c3ccnc4ccc(F)cc34)C[C@@H]2C1. The number of carbonyl (C=O) groups excluding carboxylic acids is 1. The molecule has 1 unspecified atom stereocenters. The lowest BCUT2D eigenvalue weighted by atomic mass is 9.91. The monoisotopic (exact) mass is 434 g/mol. The zero-order chi connectivity index (χ0) is 21.5. The van der Waals surface area contributed by atoms with Crippen molar-refractivity contribution < 1.29 is 9.18 Å². The quantitative estimate of drug-likeness (QED) is 0.456. The van der Waals surface area contributed by atoms with E-state index in [0.717, 1.165) is 47.8 Å². The van der Waals surface area contributed by atoms with Crippen molar-refractivity contribution in [3.8, 4) is 0 Å². The van der Waals surface area contributed by atoms with Crippen LogP contribution < -0.4 is 5.32 Å². The van der Waals surface area contributed by atoms with E-state index in [1.165, 1.54) is 17.2 Å². The fourth-order valence-corrected chi connectivity index (χ4v) is 5.53. The lowest BCUT2D eigenvalue weighted by Gasteiger charge is -2.15. The molecule has 31 heavy (non-hydrogen) atoms. The normalized spacial score (nSPS) is 24.3. The van der Waals surface area contributed by atoms with Gasteiger partial charge in [-0.2, -0.15) is 0 Å². The van der Waals surface area contributed by atoms with Gasteiger partial charge in [0.05, 0.1) is 5.52 Å². The number of aromatic nitrogens is 1. The highest BCUT2D eigenvalue weighted by Crippen LogP contribution is 2.53. The van der Waals surface area contributed by atoms with Crippen LogP contribution in [0, 0.1) is 17.7 Å². The van der Waals surface area contributed by atoms with E-state index in [1.54, 1.807) is 24.3 Å². The Labute approximate surface area is 186 Å². The highest BCUT2D eigenvalue weighted by Gasteiger charge is 2.41. The van der Waals surface area contributed by atoms with Crippen LogP contribution >= 0.6 is 11.6 Å². The van der Waals surface area contributed by atoms with E-state index >= 15 is 0 Å². The lowest BCUT2D eigenvalue weighted by Crippen LogP contribution is -2.14. The summed E-state index contributed by atoms with van der Waals surface area (Å²) in [6.07, 6.45) is 5.93. The summed E-state index contributed by atoms with van der Waals surface area (Å²) in [6, 6.07) is 14.1. The number of hydrogen-bond acceptors (Lipinski definition) is 2. The van der Waals surface area contributed by atoms with Gasteiger partial charge in [-0.3, -0.25) is 9.78 Å². The number of fused-ring (bicyclic) bond motifs is 2. The molecule has 2 aromatic carbocycles. The van der Waals surface area contributed by atoms with Crippen molar-refractivity contribution in [3.05, 3.63) is 82.3 Å². The highest BCUT2D eigenvalue weighted by molar-refractivity contribution is 6.30. The van der Waals surface area contributed by atoms with Crippen LogP contribution in [0.5, 0.6) is 0 Å². The van der Waals surface area contributed by atoms with E-state index in [-0.39, 0.29) is 11.7 Å². The average molecular weight is 435 g/mol. The zero-order valence-electron chi connectivity index (χ0n) is 17.4. The number of nitrogens with one attached hydrogen (secondary N) is 1. The average Bonchev–Trinajstić information content (AvgIpc) is 3.33. The first-order valence-electron chi connectivity index (χ1n) is 10.8. The van der Waals surface area contributed by atoms with E-state index in [4.69, 9.17) is 11.6 Å². The molecule has 2 aliphatic carbocycles. The number of benzene rings is 2. The summed E-state index contributed by atoms with van der Waals surface area (Å²) in [5.74, 6) is 1.33. The van der Waals surface area contributed by atoms with Gasteiger partial charge in [-0.05, 0) is 104 Å². The molecule has 3 nitrogen and oxygen atoms in total. The third kappa shape index (κ3) is 3.97. The highest BCUT2D eigenvalue weighted by atomic mass is 35.5. The minimum absolute atomic E-state index is 0.0375. The predicted octanol–water partition coefficient (Wildman–Crippen LogP) is 6.89. The molecule has 3 atom stereocenters. The first-order valence-corrected chi connectivity index (χ1v) is 11.2. The Hall–Kier alpha value is -2.72. The number of anilines is 1. The van der Waals surface area contributed by atoms with Crippen LogP contribution in [0.4, 0.5) is 10.1 Å². The molecule has 1 N–H and O–H groups in total. The Morgan fingerprint density at radius 2 is 1.77 bits per heavy atom. The van der Waals surface area contributed by atoms with Crippen molar-refractivity contribution in [2.24, 2.45) is 11.8 Å². The lowest BCUT2D eigenvalue weighted by molar-refractivity contribution is -0.112. The maximum Gasteiger partial charge on any atom is 0.251 e. The maximum atomic E-state index is 13.8. The summed E-state index contributed by atoms with van der Waals surface area (Å²) in [5, 5.41) is 4.55. The number of halogens is 2. The molecule has 1 amide bonds. The van der Waals surface area contributed by atoms with Gasteiger partial charge in [-0.1, -0.05) is 17.2 Å². The predicted molar refractivity (Wildman–Crippen MR) is 123 cm³/mol. The van der Waals surface area contributed by atoms with Gasteiger partial charge >= 0.3 is 0 Å². The van der Waals surface area contributed by atoms with Crippen LogP contribution in [0.3, 0.4) is 0 Å². The summed E-state index contributed by atoms with van der Waals surface area (Å²) in [6.45, 7) is 1.93. The summed E-state index contributed by atoms with van der Waals surface area (Å²) >= 11 is 5.92. The minimum atomic E-state index is -0.215. The van der Waals surface area contributed by atoms with Crippen LogP contribution in [-0.4, -0.2) is 10.9 Å². The molecule has 0 aliphatic heterocycles. The van der Waals surface area contributed by atoms with E-state index in [0.29, 0.717) is 22.8 Å². The molecule has 2 aliphatic rings. The first kappa shape index (κ1) is 20.2. The van der Waals surface area contributed by atoms with Crippen LogP contribution in [0.1, 0.15) is 44.1 Å². The molecular formula is C26H24ClFN2O. The molecule has 158 valence electrons. The Morgan fingerprint density at radius 3 is 2.48 bits per heavy atom. The van der Waals surface area contributed by atoms with Gasteiger partial charge in [-0.25, -0.2) is 4.39 Å². The van der Waals surface area contributed by atoms with Crippen LogP contribution in [0.25, 0.3) is 10.9 Å². The number of allylic oxidation sites excluding steroid dienone is 1. The van der Waals surface area contributed by atoms with Gasteiger partial charge in [0.15, 0.2) is 0 Å². The first-order chi connectivity index (χ1) is 15.0. The number of nitrogens with zero attached hydrogens (tertiary/aromatic N) is 1. The second-order valence-corrected chi connectivity index (χ2v) is 9.28. The molecule has 2 fully saturated rings. The molecule has 0 bridgehead atoms. The van der Waals surface area contributed by atoms with Crippen molar-refractivity contribution in [1.82, 2.24) is 4.98 Å². The van der Waals surface area contributed by atoms with Gasteiger partial charge in [0.1, 0.15) is 5.82 Å². The van der Waals surface area contributed by atoms with Crippen molar-refractivity contribution in [2.45, 2.75) is 38.5 Å². The number of rotatable bonds is 3. The minimum Gasteiger partial charge on any atom is -0.322 e. The Balaban J connectivity index is 1.30. The van der Waals surface area contributed by atoms with Crippen molar-refractivity contribution in [1.29, 1.82) is 0 Å². The van der Waals surface area contributed by atoms with Gasteiger partial charge in [0.25, 0.3) is 5.91 Å². The third-order valence-corrected chi connectivity index (χ3v) is 7.26. The molecule has 2 saturated carbocycles. The second-order valence-electron chi connectivity index (χ2n) is 8.85. The largest absolute Gasteiger partial charge is 0.322 e. The summed E-state index contributed by atoms with van der Waals surface area (Å²) < 4.78 is 13.8. The fourth-order valence-electron chi connectivity index (χ4n) is 5.40. The smallest absolute Gasteiger partial charge is 0.251 e. The topological polar surface area (TPSA) is 42.0 Å². The molecule has 0 saturated heterocycles. The standard InChI is InChI=1S/C26H24ClFN2O/c1-15(26(31)30-22-5-2-20(27)3-6-22)16-10-17-12-19(13-18(17)11-16)23-8-9-29-25-7-4-21(28)14-24(23)25/h2-9,14,17-19H,10-13H2,1H3,(H,30,31)/b16-15-/t17-,18+,19?/m1/s1. The van der Waals surface area contributed by atoms with Crippen LogP contribution in [0.2, 0.25) is 5.02 Å². The van der Waals surface area contributed by atoms with E-state index < -0.39 is 0 Å². The van der Waals surface area contributed by atoms with Crippen molar-refractivity contribution >= 4 is 34.1 Å². The summed E-state index contributed by atoms with van der Waals surface area (Å²) in [7, 11) is 0. The molecule has 0 radical (unpaired) electrons. The van der Waals surface area contributed by atoms with Crippen molar-refractivity contribution in [3.63, 3.8) is 0 Å². The molecule has 5 rings (SSSR count). The van der Waals surface area contributed by atoms with E-state index in [2.05, 4.69) is 16.4 Å². The number of hydrogen-bond donors (Lipinski definition) is 1. The Morgan fingerprint density at radius 1 is 1.06 bits per heavy atom. The van der Waals surface area contributed by atoms with Gasteiger partial charge in [-0.15, -0.1) is 0 Å². The molecule has 0 spiro atoms. The third-order valence-electron chi connectivity index (χ3n) is 7.01. The molecule has 5 heteroatoms. The zero-order valence-corrected chi connectivity index (χ0v) is 18.1. The Kier molecular flexibility index (Phi) is 5.27. The van der Waals surface area contributed by atoms with Crippen molar-refractivity contribution in [2.75, 3.05) is 5.32 Å². The molecule has 3 aromatic rings. The van der Waals surface area contributed by atoms with E-state index in [9.17, 15) is 9.18 Å². The second kappa shape index (κ2) is 8.08. The Bertz CT molecular complexity index is 1170. The molecule has 1 heterocycles. The maximum absolute atomic E-state index is 13.8. The molecular weight excluding hydrogens is 411 g/mol. The van der Waals surface area contributed by atoms with E-state index in [1.807, 2.05) is 25.3 Å². The number of pyridine rings is 1. The van der Waals surface area contributed by atoms with Crippen LogP contribution in [-0.2, 0) is 4.79 Å². The number of carbonyl (C=O) groups is 1.